The maximum Gasteiger partial charge on any atom is 0.225 e. The van der Waals surface area contributed by atoms with Gasteiger partial charge in [0.2, 0.25) is 5.91 Å². The van der Waals surface area contributed by atoms with E-state index in [1.54, 1.807) is 0 Å². The average molecular weight is 332 g/mol. The summed E-state index contributed by atoms with van der Waals surface area (Å²) in [6, 6.07) is 6.47. The Labute approximate surface area is 144 Å². The van der Waals surface area contributed by atoms with Crippen LogP contribution in [-0.2, 0) is 11.3 Å². The molecule has 1 amide bonds. The number of ether oxygens (including phenoxy) is 2. The van der Waals surface area contributed by atoms with Crippen molar-refractivity contribution in [3.05, 3.63) is 23.8 Å². The Morgan fingerprint density at radius 3 is 2.88 bits per heavy atom. The van der Waals surface area contributed by atoms with E-state index in [1.807, 2.05) is 30.9 Å². The Hall–Kier alpha value is -1.75. The molecule has 0 aliphatic carbocycles. The summed E-state index contributed by atoms with van der Waals surface area (Å²) in [5, 5.41) is 3.65. The maximum atomic E-state index is 12.2. The van der Waals surface area contributed by atoms with Gasteiger partial charge in [-0.05, 0) is 18.4 Å². The first-order chi connectivity index (χ1) is 11.6. The molecule has 24 heavy (non-hydrogen) atoms. The summed E-state index contributed by atoms with van der Waals surface area (Å²) < 4.78 is 11.4. The van der Waals surface area contributed by atoms with Crippen molar-refractivity contribution in [2.24, 2.45) is 11.8 Å². The molecule has 0 unspecified atom stereocenters. The Bertz CT molecular complexity index is 588. The molecule has 5 nitrogen and oxygen atoms in total. The third kappa shape index (κ3) is 3.66. The van der Waals surface area contributed by atoms with Crippen molar-refractivity contribution >= 4 is 5.91 Å². The molecule has 2 heterocycles. The van der Waals surface area contributed by atoms with Crippen LogP contribution < -0.4 is 14.8 Å². The predicted octanol–water partition coefficient (Wildman–Crippen LogP) is 2.44. The Kier molecular flexibility index (Phi) is 5.29. The summed E-state index contributed by atoms with van der Waals surface area (Å²) in [6.07, 6.45) is 0.992. The number of fused-ring (bicyclic) bond motifs is 1. The molecule has 1 fully saturated rings. The Morgan fingerprint density at radius 1 is 1.33 bits per heavy atom. The number of rotatable bonds is 4. The number of hydrogen-bond acceptors (Lipinski definition) is 4. The molecule has 3 rings (SSSR count). The molecule has 1 aromatic carbocycles. The van der Waals surface area contributed by atoms with Crippen molar-refractivity contribution in [3.8, 4) is 11.5 Å². The second-order valence-corrected chi connectivity index (χ2v) is 7.13. The molecule has 1 saturated heterocycles. The molecule has 1 aromatic rings. The van der Waals surface area contributed by atoms with Gasteiger partial charge < -0.3 is 19.7 Å². The summed E-state index contributed by atoms with van der Waals surface area (Å²) in [5.74, 6) is 2.50. The highest BCUT2D eigenvalue weighted by molar-refractivity contribution is 5.78. The van der Waals surface area contributed by atoms with Crippen LogP contribution in [0.1, 0.15) is 32.8 Å². The molecular formula is C19H28N2O3. The fourth-order valence-electron chi connectivity index (χ4n) is 3.53. The van der Waals surface area contributed by atoms with Crippen LogP contribution in [-0.4, -0.2) is 43.2 Å². The number of benzene rings is 1. The van der Waals surface area contributed by atoms with Gasteiger partial charge in [-0.15, -0.1) is 0 Å². The zero-order chi connectivity index (χ0) is 17.1. The Balaban J connectivity index is 1.57. The zero-order valence-electron chi connectivity index (χ0n) is 14.9. The van der Waals surface area contributed by atoms with E-state index in [0.29, 0.717) is 25.2 Å². The van der Waals surface area contributed by atoms with Crippen LogP contribution in [0.3, 0.4) is 0 Å². The number of piperidine rings is 1. The van der Waals surface area contributed by atoms with Crippen LogP contribution in [0.2, 0.25) is 0 Å². The number of carbonyl (C=O) groups excluding carboxylic acids is 1. The van der Waals surface area contributed by atoms with E-state index >= 15 is 0 Å². The normalized spacial score (nSPS) is 23.4. The van der Waals surface area contributed by atoms with Crippen molar-refractivity contribution in [1.82, 2.24) is 10.2 Å². The smallest absolute Gasteiger partial charge is 0.225 e. The van der Waals surface area contributed by atoms with Crippen molar-refractivity contribution in [2.45, 2.75) is 39.8 Å². The first-order valence-corrected chi connectivity index (χ1v) is 8.96. The van der Waals surface area contributed by atoms with E-state index in [0.717, 1.165) is 43.1 Å². The number of nitrogens with one attached hydrogen (secondary N) is 1. The third-order valence-electron chi connectivity index (χ3n) is 4.91. The lowest BCUT2D eigenvalue weighted by Gasteiger charge is -2.38. The minimum Gasteiger partial charge on any atom is -0.486 e. The van der Waals surface area contributed by atoms with Gasteiger partial charge in [-0.1, -0.05) is 32.9 Å². The second kappa shape index (κ2) is 7.43. The Morgan fingerprint density at radius 2 is 2.12 bits per heavy atom. The van der Waals surface area contributed by atoms with Crippen molar-refractivity contribution < 1.29 is 14.3 Å². The van der Waals surface area contributed by atoms with Crippen LogP contribution in [0.5, 0.6) is 11.5 Å². The molecule has 0 bridgehead atoms. The van der Waals surface area contributed by atoms with E-state index in [4.69, 9.17) is 9.47 Å². The van der Waals surface area contributed by atoms with Crippen molar-refractivity contribution in [3.63, 3.8) is 0 Å². The number of nitrogens with zero attached hydrogens (tertiary/aromatic N) is 1. The predicted molar refractivity (Wildman–Crippen MR) is 93.3 cm³/mol. The highest BCUT2D eigenvalue weighted by Gasteiger charge is 2.29. The summed E-state index contributed by atoms with van der Waals surface area (Å²) in [7, 11) is 0. The molecule has 2 aliphatic rings. The molecule has 0 saturated carbocycles. The summed E-state index contributed by atoms with van der Waals surface area (Å²) in [5.41, 5.74) is 1.14. The molecule has 5 heteroatoms. The molecule has 0 aromatic heterocycles. The summed E-state index contributed by atoms with van der Waals surface area (Å²) in [6.45, 7) is 9.82. The van der Waals surface area contributed by atoms with E-state index in [-0.39, 0.29) is 11.8 Å². The van der Waals surface area contributed by atoms with Crippen molar-refractivity contribution in [2.75, 3.05) is 26.3 Å². The fraction of sp³-hybridized carbons (Fsp3) is 0.632. The minimum atomic E-state index is 0.0784. The quantitative estimate of drug-likeness (QED) is 0.920. The number of hydrogen-bond donors (Lipinski definition) is 1. The number of likely N-dealkylation sites (tertiary alicyclic amines) is 1. The third-order valence-corrected chi connectivity index (χ3v) is 4.91. The standard InChI is InChI=1S/C19H28N2O3/c1-13(2)19(22)21-8-7-16(14(3)12-21)20-11-15-5-4-6-17-18(15)24-10-9-23-17/h4-6,13-14,16,20H,7-12H2,1-3H3/t14-,16+/m1/s1. The van der Waals surface area contributed by atoms with Gasteiger partial charge in [0.15, 0.2) is 11.5 Å². The molecule has 0 spiro atoms. The second-order valence-electron chi connectivity index (χ2n) is 7.13. The SMILES string of the molecule is CC(C)C(=O)N1CC[C@H](NCc2cccc3c2OCCO3)[C@H](C)C1. The van der Waals surface area contributed by atoms with E-state index in [2.05, 4.69) is 18.3 Å². The van der Waals surface area contributed by atoms with Gasteiger partial charge in [-0.3, -0.25) is 4.79 Å². The first-order valence-electron chi connectivity index (χ1n) is 8.96. The van der Waals surface area contributed by atoms with Crippen LogP contribution in [0.15, 0.2) is 18.2 Å². The highest BCUT2D eigenvalue weighted by atomic mass is 16.6. The number of para-hydroxylation sites is 1. The zero-order valence-corrected chi connectivity index (χ0v) is 14.9. The lowest BCUT2D eigenvalue weighted by atomic mass is 9.92. The topological polar surface area (TPSA) is 50.8 Å². The van der Waals surface area contributed by atoms with Gasteiger partial charge in [-0.25, -0.2) is 0 Å². The van der Waals surface area contributed by atoms with Crippen LogP contribution in [0.4, 0.5) is 0 Å². The summed E-state index contributed by atoms with van der Waals surface area (Å²) in [4.78, 5) is 14.2. The van der Waals surface area contributed by atoms with Gasteiger partial charge in [0.25, 0.3) is 0 Å². The van der Waals surface area contributed by atoms with Crippen molar-refractivity contribution in [1.29, 1.82) is 0 Å². The monoisotopic (exact) mass is 332 g/mol. The first kappa shape index (κ1) is 17.1. The van der Waals surface area contributed by atoms with E-state index in [1.165, 1.54) is 0 Å². The molecule has 132 valence electrons. The maximum absolute atomic E-state index is 12.2. The van der Waals surface area contributed by atoms with Gasteiger partial charge in [0.1, 0.15) is 13.2 Å². The van der Waals surface area contributed by atoms with Crippen LogP contribution >= 0.6 is 0 Å². The molecular weight excluding hydrogens is 304 g/mol. The van der Waals surface area contributed by atoms with Gasteiger partial charge in [0.05, 0.1) is 0 Å². The lowest BCUT2D eigenvalue weighted by Crippen LogP contribution is -2.50. The molecule has 1 N–H and O–H groups in total. The molecule has 0 radical (unpaired) electrons. The fourth-order valence-corrected chi connectivity index (χ4v) is 3.53. The van der Waals surface area contributed by atoms with E-state index < -0.39 is 0 Å². The van der Waals surface area contributed by atoms with Crippen LogP contribution in [0.25, 0.3) is 0 Å². The largest absolute Gasteiger partial charge is 0.486 e. The molecule has 2 atom stereocenters. The van der Waals surface area contributed by atoms with Gasteiger partial charge >= 0.3 is 0 Å². The lowest BCUT2D eigenvalue weighted by molar-refractivity contribution is -0.136. The van der Waals surface area contributed by atoms with Gasteiger partial charge in [0, 0.05) is 37.2 Å². The molecule has 2 aliphatic heterocycles. The number of amides is 1. The number of carbonyl (C=O) groups is 1. The van der Waals surface area contributed by atoms with Crippen LogP contribution in [0, 0.1) is 11.8 Å². The summed E-state index contributed by atoms with van der Waals surface area (Å²) >= 11 is 0. The van der Waals surface area contributed by atoms with Gasteiger partial charge in [-0.2, -0.15) is 0 Å². The minimum absolute atomic E-state index is 0.0784. The average Bonchev–Trinajstić information content (AvgIpc) is 2.60. The highest BCUT2D eigenvalue weighted by Crippen LogP contribution is 2.33. The van der Waals surface area contributed by atoms with E-state index in [9.17, 15) is 4.79 Å².